The summed E-state index contributed by atoms with van der Waals surface area (Å²) in [6, 6.07) is 7.31. The van der Waals surface area contributed by atoms with Crippen molar-refractivity contribution in [1.29, 1.82) is 0 Å². The van der Waals surface area contributed by atoms with Crippen LogP contribution in [0.15, 0.2) is 43.0 Å². The molecule has 0 saturated carbocycles. The normalized spacial score (nSPS) is 14.5. The predicted octanol–water partition coefficient (Wildman–Crippen LogP) is 2.54. The van der Waals surface area contributed by atoms with Crippen LogP contribution in [-0.2, 0) is 9.59 Å². The molecule has 2 rings (SSSR count). The van der Waals surface area contributed by atoms with Crippen molar-refractivity contribution in [2.75, 3.05) is 4.90 Å². The van der Waals surface area contributed by atoms with E-state index in [1.807, 2.05) is 25.1 Å². The van der Waals surface area contributed by atoms with E-state index in [2.05, 4.69) is 6.58 Å². The Hall–Kier alpha value is -2.16. The summed E-state index contributed by atoms with van der Waals surface area (Å²) in [6.45, 7) is 5.96. The highest BCUT2D eigenvalue weighted by molar-refractivity contribution is 6.28. The maximum atomic E-state index is 11.5. The Labute approximate surface area is 100 Å². The molecule has 0 aliphatic carbocycles. The third-order valence-electron chi connectivity index (χ3n) is 2.75. The van der Waals surface area contributed by atoms with Crippen LogP contribution in [-0.4, -0.2) is 11.8 Å². The molecule has 1 aliphatic rings. The Kier molecular flexibility index (Phi) is 2.91. The lowest BCUT2D eigenvalue weighted by Crippen LogP contribution is -2.29. The molecule has 0 atom stereocenters. The van der Waals surface area contributed by atoms with Crippen molar-refractivity contribution in [3.05, 3.63) is 48.6 Å². The molecular formula is C14H13NO2. The first kappa shape index (κ1) is 11.3. The number of benzene rings is 1. The van der Waals surface area contributed by atoms with Crippen LogP contribution in [0.2, 0.25) is 0 Å². The van der Waals surface area contributed by atoms with Gasteiger partial charge in [0.05, 0.1) is 5.69 Å². The number of rotatable bonds is 3. The lowest BCUT2D eigenvalue weighted by Gasteiger charge is -2.15. The number of allylic oxidation sites excluding steroid dienone is 1. The number of carbonyl (C=O) groups is 2. The molecule has 0 unspecified atom stereocenters. The number of carbonyl (C=O) groups excluding carboxylic acids is 2. The highest BCUT2D eigenvalue weighted by atomic mass is 16.2. The molecule has 0 fully saturated rings. The fraction of sp³-hybridized carbons (Fsp3) is 0.143. The molecule has 0 spiro atoms. The maximum absolute atomic E-state index is 11.5. The van der Waals surface area contributed by atoms with E-state index in [1.54, 1.807) is 6.07 Å². The first-order chi connectivity index (χ1) is 8.13. The van der Waals surface area contributed by atoms with Crippen molar-refractivity contribution >= 4 is 23.1 Å². The molecule has 0 aromatic heterocycles. The van der Waals surface area contributed by atoms with Crippen LogP contribution < -0.4 is 4.90 Å². The predicted molar refractivity (Wildman–Crippen MR) is 67.4 cm³/mol. The molecule has 1 aromatic carbocycles. The van der Waals surface area contributed by atoms with E-state index in [0.717, 1.165) is 22.5 Å². The second kappa shape index (κ2) is 4.37. The van der Waals surface area contributed by atoms with Gasteiger partial charge < -0.3 is 0 Å². The number of hydrogen-bond acceptors (Lipinski definition) is 2. The van der Waals surface area contributed by atoms with Gasteiger partial charge in [0, 0.05) is 12.2 Å². The van der Waals surface area contributed by atoms with Gasteiger partial charge in [-0.3, -0.25) is 9.59 Å². The van der Waals surface area contributed by atoms with Crippen LogP contribution >= 0.6 is 0 Å². The lowest BCUT2D eigenvalue weighted by atomic mass is 10.0. The molecule has 0 radical (unpaired) electrons. The van der Waals surface area contributed by atoms with Gasteiger partial charge in [-0.2, -0.15) is 0 Å². The Morgan fingerprint density at radius 3 is 2.47 bits per heavy atom. The molecule has 17 heavy (non-hydrogen) atoms. The van der Waals surface area contributed by atoms with E-state index in [-0.39, 0.29) is 11.8 Å². The van der Waals surface area contributed by atoms with E-state index in [1.165, 1.54) is 12.2 Å². The maximum Gasteiger partial charge on any atom is 0.258 e. The monoisotopic (exact) mass is 227 g/mol. The van der Waals surface area contributed by atoms with Gasteiger partial charge in [-0.15, -0.1) is 0 Å². The molecule has 3 nitrogen and oxygen atoms in total. The molecular weight excluding hydrogens is 214 g/mol. The summed E-state index contributed by atoms with van der Waals surface area (Å²) in [4.78, 5) is 24.2. The van der Waals surface area contributed by atoms with Gasteiger partial charge in [-0.25, -0.2) is 4.90 Å². The Morgan fingerprint density at radius 2 is 1.88 bits per heavy atom. The molecule has 1 aromatic rings. The van der Waals surface area contributed by atoms with E-state index in [9.17, 15) is 9.59 Å². The Morgan fingerprint density at radius 1 is 1.24 bits per heavy atom. The molecule has 86 valence electrons. The summed E-state index contributed by atoms with van der Waals surface area (Å²) in [5.74, 6) is -0.594. The van der Waals surface area contributed by atoms with Crippen LogP contribution in [0, 0.1) is 0 Å². The van der Waals surface area contributed by atoms with Crippen molar-refractivity contribution < 1.29 is 9.59 Å². The topological polar surface area (TPSA) is 37.4 Å². The van der Waals surface area contributed by atoms with Crippen molar-refractivity contribution in [1.82, 2.24) is 0 Å². The standard InChI is InChI=1S/C14H13NO2/c1-3-10(2)11-5-4-6-12(9-11)15-13(16)7-8-14(15)17/h4-9H,2-3H2,1H3. The van der Waals surface area contributed by atoms with Crippen molar-refractivity contribution in [2.45, 2.75) is 13.3 Å². The summed E-state index contributed by atoms with van der Waals surface area (Å²) in [7, 11) is 0. The first-order valence-electron chi connectivity index (χ1n) is 5.48. The third kappa shape index (κ3) is 2.04. The highest BCUT2D eigenvalue weighted by Gasteiger charge is 2.25. The number of hydrogen-bond donors (Lipinski definition) is 0. The number of amides is 2. The summed E-state index contributed by atoms with van der Waals surface area (Å²) in [6.07, 6.45) is 3.40. The zero-order chi connectivity index (χ0) is 12.4. The molecule has 3 heteroatoms. The van der Waals surface area contributed by atoms with Crippen molar-refractivity contribution in [2.24, 2.45) is 0 Å². The summed E-state index contributed by atoms with van der Waals surface area (Å²) in [5.41, 5.74) is 2.54. The largest absolute Gasteiger partial charge is 0.269 e. The van der Waals surface area contributed by atoms with Gasteiger partial charge in [0.25, 0.3) is 11.8 Å². The second-order valence-corrected chi connectivity index (χ2v) is 3.85. The van der Waals surface area contributed by atoms with Crippen molar-refractivity contribution in [3.63, 3.8) is 0 Å². The minimum Gasteiger partial charge on any atom is -0.269 e. The number of imide groups is 1. The summed E-state index contributed by atoms with van der Waals surface area (Å²) >= 11 is 0. The fourth-order valence-corrected chi connectivity index (χ4v) is 1.72. The van der Waals surface area contributed by atoms with Gasteiger partial charge in [0.15, 0.2) is 0 Å². The molecule has 1 heterocycles. The average Bonchev–Trinajstić information content (AvgIpc) is 2.68. The van der Waals surface area contributed by atoms with Crippen LogP contribution in [0.25, 0.3) is 5.57 Å². The Bertz CT molecular complexity index is 511. The smallest absolute Gasteiger partial charge is 0.258 e. The second-order valence-electron chi connectivity index (χ2n) is 3.85. The van der Waals surface area contributed by atoms with Crippen molar-refractivity contribution in [3.8, 4) is 0 Å². The number of anilines is 1. The van der Waals surface area contributed by atoms with E-state index < -0.39 is 0 Å². The van der Waals surface area contributed by atoms with Gasteiger partial charge in [-0.1, -0.05) is 25.6 Å². The van der Waals surface area contributed by atoms with Crippen LogP contribution in [0.3, 0.4) is 0 Å². The first-order valence-corrected chi connectivity index (χ1v) is 5.48. The molecule has 0 N–H and O–H groups in total. The minimum absolute atomic E-state index is 0.297. The summed E-state index contributed by atoms with van der Waals surface area (Å²) < 4.78 is 0. The van der Waals surface area contributed by atoms with Crippen LogP contribution in [0.4, 0.5) is 5.69 Å². The van der Waals surface area contributed by atoms with Gasteiger partial charge in [0.1, 0.15) is 0 Å². The molecule has 0 bridgehead atoms. The Balaban J connectivity index is 2.37. The zero-order valence-electron chi connectivity index (χ0n) is 9.64. The lowest BCUT2D eigenvalue weighted by molar-refractivity contribution is -0.119. The molecule has 2 amide bonds. The SMILES string of the molecule is C=C(CC)c1cccc(N2C(=O)C=CC2=O)c1. The zero-order valence-corrected chi connectivity index (χ0v) is 9.64. The summed E-state index contributed by atoms with van der Waals surface area (Å²) in [5, 5.41) is 0. The molecule has 0 saturated heterocycles. The third-order valence-corrected chi connectivity index (χ3v) is 2.75. The quantitative estimate of drug-likeness (QED) is 0.744. The van der Waals surface area contributed by atoms with Crippen LogP contribution in [0.1, 0.15) is 18.9 Å². The van der Waals surface area contributed by atoms with Gasteiger partial charge in [0.2, 0.25) is 0 Å². The van der Waals surface area contributed by atoms with E-state index in [0.29, 0.717) is 5.69 Å². The van der Waals surface area contributed by atoms with Crippen LogP contribution in [0.5, 0.6) is 0 Å². The minimum atomic E-state index is -0.297. The van der Waals surface area contributed by atoms with E-state index >= 15 is 0 Å². The van der Waals surface area contributed by atoms with Gasteiger partial charge in [-0.05, 0) is 29.7 Å². The van der Waals surface area contributed by atoms with Gasteiger partial charge >= 0.3 is 0 Å². The number of nitrogens with zero attached hydrogens (tertiary/aromatic N) is 1. The molecule has 1 aliphatic heterocycles. The van der Waals surface area contributed by atoms with E-state index in [4.69, 9.17) is 0 Å². The highest BCUT2D eigenvalue weighted by Crippen LogP contribution is 2.24. The fourth-order valence-electron chi connectivity index (χ4n) is 1.72. The average molecular weight is 227 g/mol.